The van der Waals surface area contributed by atoms with Crippen molar-refractivity contribution in [1.82, 2.24) is 10.6 Å². The fourth-order valence-electron chi connectivity index (χ4n) is 2.95. The van der Waals surface area contributed by atoms with Crippen LogP contribution >= 0.6 is 0 Å². The summed E-state index contributed by atoms with van der Waals surface area (Å²) in [6.45, 7) is 7.51. The Kier molecular flexibility index (Phi) is 8.67. The molecule has 7 heteroatoms. The van der Waals surface area contributed by atoms with Crippen LogP contribution in [0.4, 0.5) is 0 Å². The quantitative estimate of drug-likeness (QED) is 0.506. The second kappa shape index (κ2) is 11.0. The molecule has 0 spiro atoms. The van der Waals surface area contributed by atoms with Crippen molar-refractivity contribution in [3.8, 4) is 11.5 Å². The Morgan fingerprint density at radius 1 is 1.19 bits per heavy atom. The maximum absolute atomic E-state index is 5.99. The summed E-state index contributed by atoms with van der Waals surface area (Å²) in [5.74, 6) is 2.22. The van der Waals surface area contributed by atoms with Gasteiger partial charge >= 0.3 is 0 Å². The summed E-state index contributed by atoms with van der Waals surface area (Å²) >= 11 is 0. The number of nitrogens with one attached hydrogen (secondary N) is 2. The van der Waals surface area contributed by atoms with Gasteiger partial charge in [-0.15, -0.1) is 0 Å². The fraction of sp³-hybridized carbons (Fsp3) is 0.650. The number of guanidine groups is 1. The summed E-state index contributed by atoms with van der Waals surface area (Å²) in [7, 11) is 3.40. The Labute approximate surface area is 162 Å². The maximum Gasteiger partial charge on any atom is 0.191 e. The van der Waals surface area contributed by atoms with Gasteiger partial charge in [-0.25, -0.2) is 0 Å². The smallest absolute Gasteiger partial charge is 0.191 e. The Morgan fingerprint density at radius 2 is 1.89 bits per heavy atom. The predicted octanol–water partition coefficient (Wildman–Crippen LogP) is 2.21. The van der Waals surface area contributed by atoms with Gasteiger partial charge in [0.1, 0.15) is 6.10 Å². The van der Waals surface area contributed by atoms with Crippen LogP contribution in [0.3, 0.4) is 0 Å². The molecule has 2 N–H and O–H groups in total. The van der Waals surface area contributed by atoms with Crippen LogP contribution in [-0.2, 0) is 9.47 Å². The number of hydrogen-bond acceptors (Lipinski definition) is 5. The zero-order valence-electron chi connectivity index (χ0n) is 16.9. The van der Waals surface area contributed by atoms with E-state index in [-0.39, 0.29) is 11.7 Å². The average Bonchev–Trinajstić information content (AvgIpc) is 2.71. The Bertz CT molecular complexity index is 588. The zero-order chi connectivity index (χ0) is 19.5. The number of hydrogen-bond donors (Lipinski definition) is 2. The van der Waals surface area contributed by atoms with Gasteiger partial charge in [-0.2, -0.15) is 0 Å². The molecule has 1 aliphatic rings. The van der Waals surface area contributed by atoms with Crippen LogP contribution in [0, 0.1) is 0 Å². The molecule has 0 aliphatic carbocycles. The lowest BCUT2D eigenvalue weighted by Crippen LogP contribution is -2.45. The minimum absolute atomic E-state index is 0.0513. The first-order valence-corrected chi connectivity index (χ1v) is 9.57. The lowest BCUT2D eigenvalue weighted by molar-refractivity contribution is -0.0828. The molecular weight excluding hydrogens is 346 g/mol. The van der Waals surface area contributed by atoms with Crippen molar-refractivity contribution in [2.75, 3.05) is 47.1 Å². The van der Waals surface area contributed by atoms with E-state index in [1.165, 1.54) is 0 Å². The maximum atomic E-state index is 5.99. The van der Waals surface area contributed by atoms with Gasteiger partial charge in [0.05, 0.1) is 25.8 Å². The molecule has 1 fully saturated rings. The molecule has 1 saturated heterocycles. The van der Waals surface area contributed by atoms with Gasteiger partial charge in [-0.05, 0) is 26.0 Å². The molecule has 0 radical (unpaired) electrons. The highest BCUT2D eigenvalue weighted by atomic mass is 16.5. The van der Waals surface area contributed by atoms with Crippen molar-refractivity contribution in [2.24, 2.45) is 4.99 Å². The van der Waals surface area contributed by atoms with Gasteiger partial charge in [0.2, 0.25) is 0 Å². The van der Waals surface area contributed by atoms with E-state index in [0.29, 0.717) is 13.1 Å². The van der Waals surface area contributed by atoms with Crippen molar-refractivity contribution < 1.29 is 18.9 Å². The van der Waals surface area contributed by atoms with Crippen molar-refractivity contribution in [3.05, 3.63) is 24.3 Å². The molecule has 0 aromatic heterocycles. The molecule has 1 heterocycles. The molecule has 1 aliphatic heterocycles. The molecule has 0 bridgehead atoms. The van der Waals surface area contributed by atoms with Crippen LogP contribution in [-0.4, -0.2) is 64.7 Å². The molecule has 1 atom stereocenters. The van der Waals surface area contributed by atoms with Gasteiger partial charge in [-0.1, -0.05) is 12.1 Å². The standard InChI is InChI=1S/C20H33N3O4/c1-5-21-19(23-15-20(25-4)10-12-26-13-11-20)22-14-16(2)27-18-9-7-6-8-17(18)24-3/h6-9,16H,5,10-15H2,1-4H3,(H2,21,22,23). The molecule has 7 nitrogen and oxygen atoms in total. The molecule has 1 aromatic carbocycles. The second-order valence-corrected chi connectivity index (χ2v) is 6.65. The highest BCUT2D eigenvalue weighted by molar-refractivity contribution is 5.79. The molecule has 27 heavy (non-hydrogen) atoms. The number of methoxy groups -OCH3 is 2. The van der Waals surface area contributed by atoms with Gasteiger partial charge in [-0.3, -0.25) is 4.99 Å². The minimum atomic E-state index is -0.236. The van der Waals surface area contributed by atoms with E-state index in [1.54, 1.807) is 14.2 Å². The van der Waals surface area contributed by atoms with Gasteiger partial charge in [0.25, 0.3) is 0 Å². The first-order chi connectivity index (χ1) is 13.1. The number of nitrogens with zero attached hydrogens (tertiary/aromatic N) is 1. The largest absolute Gasteiger partial charge is 0.493 e. The number of benzene rings is 1. The number of rotatable bonds is 9. The van der Waals surface area contributed by atoms with Crippen LogP contribution in [0.5, 0.6) is 11.5 Å². The molecular formula is C20H33N3O4. The molecule has 2 rings (SSSR count). The van der Waals surface area contributed by atoms with Crippen LogP contribution in [0.2, 0.25) is 0 Å². The van der Waals surface area contributed by atoms with Crippen molar-refractivity contribution >= 4 is 5.96 Å². The Hall–Kier alpha value is -1.99. The molecule has 152 valence electrons. The van der Waals surface area contributed by atoms with Crippen LogP contribution < -0.4 is 20.1 Å². The fourth-order valence-corrected chi connectivity index (χ4v) is 2.95. The summed E-state index contributed by atoms with van der Waals surface area (Å²) in [6.07, 6.45) is 1.67. The first-order valence-electron chi connectivity index (χ1n) is 9.57. The third-order valence-corrected chi connectivity index (χ3v) is 4.66. The molecule has 0 amide bonds. The normalized spacial score (nSPS) is 17.9. The summed E-state index contributed by atoms with van der Waals surface area (Å²) in [6, 6.07) is 7.65. The van der Waals surface area contributed by atoms with Crippen molar-refractivity contribution in [2.45, 2.75) is 38.4 Å². The van der Waals surface area contributed by atoms with E-state index in [0.717, 1.165) is 50.1 Å². The van der Waals surface area contributed by atoms with Gasteiger partial charge in [0, 0.05) is 39.7 Å². The average molecular weight is 380 g/mol. The first kappa shape index (κ1) is 21.3. The van der Waals surface area contributed by atoms with E-state index in [1.807, 2.05) is 38.1 Å². The zero-order valence-corrected chi connectivity index (χ0v) is 16.9. The number of para-hydroxylation sites is 2. The minimum Gasteiger partial charge on any atom is -0.493 e. The van der Waals surface area contributed by atoms with E-state index in [9.17, 15) is 0 Å². The summed E-state index contributed by atoms with van der Waals surface area (Å²) in [5, 5.41) is 6.62. The Morgan fingerprint density at radius 3 is 2.52 bits per heavy atom. The summed E-state index contributed by atoms with van der Waals surface area (Å²) in [5.41, 5.74) is -0.236. The lowest BCUT2D eigenvalue weighted by atomic mass is 9.94. The highest BCUT2D eigenvalue weighted by Gasteiger charge is 2.32. The van der Waals surface area contributed by atoms with Crippen molar-refractivity contribution in [3.63, 3.8) is 0 Å². The second-order valence-electron chi connectivity index (χ2n) is 6.65. The van der Waals surface area contributed by atoms with Crippen LogP contribution in [0.15, 0.2) is 29.3 Å². The number of ether oxygens (including phenoxy) is 4. The summed E-state index contributed by atoms with van der Waals surface area (Å²) < 4.78 is 22.5. The van der Waals surface area contributed by atoms with E-state index < -0.39 is 0 Å². The third-order valence-electron chi connectivity index (χ3n) is 4.66. The van der Waals surface area contributed by atoms with Crippen molar-refractivity contribution in [1.29, 1.82) is 0 Å². The van der Waals surface area contributed by atoms with E-state index in [2.05, 4.69) is 10.6 Å². The third kappa shape index (κ3) is 6.59. The molecule has 0 saturated carbocycles. The predicted molar refractivity (Wildman–Crippen MR) is 107 cm³/mol. The topological polar surface area (TPSA) is 73.3 Å². The van der Waals surface area contributed by atoms with E-state index >= 15 is 0 Å². The highest BCUT2D eigenvalue weighted by Crippen LogP contribution is 2.27. The lowest BCUT2D eigenvalue weighted by Gasteiger charge is -2.34. The van der Waals surface area contributed by atoms with E-state index in [4.69, 9.17) is 23.9 Å². The molecule has 1 unspecified atom stereocenters. The van der Waals surface area contributed by atoms with Gasteiger partial charge in [0.15, 0.2) is 17.5 Å². The Balaban J connectivity index is 1.90. The SMILES string of the molecule is CCNC(=NCC1(OC)CCOCC1)NCC(C)Oc1ccccc1OC. The van der Waals surface area contributed by atoms with Crippen LogP contribution in [0.25, 0.3) is 0 Å². The van der Waals surface area contributed by atoms with Gasteiger partial charge < -0.3 is 29.6 Å². The van der Waals surface area contributed by atoms with Crippen LogP contribution in [0.1, 0.15) is 26.7 Å². The monoisotopic (exact) mass is 379 g/mol. The summed E-state index contributed by atoms with van der Waals surface area (Å²) in [4.78, 5) is 4.73. The number of aliphatic imine (C=N–C) groups is 1. The molecule has 1 aromatic rings.